The maximum absolute atomic E-state index is 5.79. The first kappa shape index (κ1) is 17.0. The smallest absolute Gasteiger partial charge is 0.0718 e. The first-order valence-corrected chi connectivity index (χ1v) is 7.27. The summed E-state index contributed by atoms with van der Waals surface area (Å²) in [4.78, 5) is 0. The zero-order chi connectivity index (χ0) is 14.8. The third-order valence-corrected chi connectivity index (χ3v) is 3.44. The zero-order valence-electron chi connectivity index (χ0n) is 12.9. The van der Waals surface area contributed by atoms with E-state index >= 15 is 0 Å². The van der Waals surface area contributed by atoms with Crippen molar-refractivity contribution in [2.45, 2.75) is 20.5 Å². The fourth-order valence-electron chi connectivity index (χ4n) is 1.94. The van der Waals surface area contributed by atoms with E-state index in [-0.39, 0.29) is 0 Å². The Hall–Kier alpha value is -1.10. The van der Waals surface area contributed by atoms with E-state index in [4.69, 9.17) is 15.2 Å². The van der Waals surface area contributed by atoms with E-state index < -0.39 is 0 Å². The largest absolute Gasteiger partial charge is 0.385 e. The van der Waals surface area contributed by atoms with Gasteiger partial charge in [0.1, 0.15) is 0 Å². The molecule has 1 atom stereocenters. The Morgan fingerprint density at radius 2 is 2.05 bits per heavy atom. The van der Waals surface area contributed by atoms with Crippen molar-refractivity contribution in [1.82, 2.24) is 0 Å². The van der Waals surface area contributed by atoms with E-state index in [2.05, 4.69) is 37.4 Å². The molecular weight excluding hydrogens is 252 g/mol. The van der Waals surface area contributed by atoms with Gasteiger partial charge in [-0.2, -0.15) is 0 Å². The molecule has 1 aromatic carbocycles. The lowest BCUT2D eigenvalue weighted by molar-refractivity contribution is 0.0617. The van der Waals surface area contributed by atoms with Crippen LogP contribution in [0.3, 0.4) is 0 Å². The second-order valence-corrected chi connectivity index (χ2v) is 5.37. The van der Waals surface area contributed by atoms with E-state index in [0.29, 0.717) is 38.2 Å². The molecule has 0 aliphatic carbocycles. The molecule has 0 aliphatic rings. The molecule has 1 unspecified atom stereocenters. The van der Waals surface area contributed by atoms with Crippen molar-refractivity contribution in [3.05, 3.63) is 29.8 Å². The molecule has 0 amide bonds. The van der Waals surface area contributed by atoms with Gasteiger partial charge in [0.15, 0.2) is 0 Å². The van der Waals surface area contributed by atoms with Crippen LogP contribution in [0.15, 0.2) is 24.3 Å². The van der Waals surface area contributed by atoms with Crippen molar-refractivity contribution < 1.29 is 9.47 Å². The summed E-state index contributed by atoms with van der Waals surface area (Å²) in [7, 11) is 1.68. The van der Waals surface area contributed by atoms with E-state index in [9.17, 15) is 0 Å². The molecular formula is C16H28N2O2. The fraction of sp³-hybridized carbons (Fsp3) is 0.625. The number of nitrogens with two attached hydrogens (primary N) is 1. The molecule has 4 heteroatoms. The molecule has 1 rings (SSSR count). The molecule has 3 N–H and O–H groups in total. The number of methoxy groups -OCH3 is 1. The van der Waals surface area contributed by atoms with Gasteiger partial charge in [0, 0.05) is 19.3 Å². The second kappa shape index (κ2) is 9.75. The highest BCUT2D eigenvalue weighted by Gasteiger charge is 2.10. The summed E-state index contributed by atoms with van der Waals surface area (Å²) >= 11 is 0. The molecule has 0 bridgehead atoms. The summed E-state index contributed by atoms with van der Waals surface area (Å²) in [5.41, 5.74) is 8.08. The summed E-state index contributed by atoms with van der Waals surface area (Å²) in [6.07, 6.45) is 0. The van der Waals surface area contributed by atoms with Crippen molar-refractivity contribution in [1.29, 1.82) is 0 Å². The lowest BCUT2D eigenvalue weighted by atomic mass is 9.96. The molecule has 0 aliphatic heterocycles. The van der Waals surface area contributed by atoms with Gasteiger partial charge < -0.3 is 20.5 Å². The fourth-order valence-corrected chi connectivity index (χ4v) is 1.94. The molecule has 0 radical (unpaired) electrons. The number of anilines is 1. The van der Waals surface area contributed by atoms with Crippen LogP contribution >= 0.6 is 0 Å². The first-order valence-electron chi connectivity index (χ1n) is 7.27. The first-order chi connectivity index (χ1) is 9.67. The molecule has 0 fully saturated rings. The summed E-state index contributed by atoms with van der Waals surface area (Å²) in [5.74, 6) is 1.09. The second-order valence-electron chi connectivity index (χ2n) is 5.37. The average Bonchev–Trinajstić information content (AvgIpc) is 2.44. The molecule has 0 saturated heterocycles. The number of hydrogen-bond donors (Lipinski definition) is 2. The molecule has 20 heavy (non-hydrogen) atoms. The van der Waals surface area contributed by atoms with Gasteiger partial charge in [-0.15, -0.1) is 0 Å². The summed E-state index contributed by atoms with van der Waals surface area (Å²) in [6.45, 7) is 7.90. The van der Waals surface area contributed by atoms with E-state index in [1.807, 2.05) is 6.07 Å². The summed E-state index contributed by atoms with van der Waals surface area (Å²) in [6, 6.07) is 8.32. The quantitative estimate of drug-likeness (QED) is 0.647. The Labute approximate surface area is 122 Å². The van der Waals surface area contributed by atoms with Gasteiger partial charge in [-0.25, -0.2) is 0 Å². The van der Waals surface area contributed by atoms with Crippen LogP contribution in [0.1, 0.15) is 19.4 Å². The topological polar surface area (TPSA) is 56.5 Å². The van der Waals surface area contributed by atoms with Crippen LogP contribution in [0.25, 0.3) is 0 Å². The molecule has 0 aromatic heterocycles. The lowest BCUT2D eigenvalue weighted by Crippen LogP contribution is -2.27. The number of rotatable bonds is 10. The molecule has 0 spiro atoms. The van der Waals surface area contributed by atoms with Gasteiger partial charge in [0.2, 0.25) is 0 Å². The van der Waals surface area contributed by atoms with Gasteiger partial charge in [0.25, 0.3) is 0 Å². The maximum atomic E-state index is 5.79. The van der Waals surface area contributed by atoms with Crippen LogP contribution in [0.2, 0.25) is 0 Å². The van der Waals surface area contributed by atoms with Crippen molar-refractivity contribution in [3.63, 3.8) is 0 Å². The van der Waals surface area contributed by atoms with Gasteiger partial charge in [-0.3, -0.25) is 0 Å². The minimum absolute atomic E-state index is 0.497. The van der Waals surface area contributed by atoms with Crippen LogP contribution < -0.4 is 11.1 Å². The van der Waals surface area contributed by atoms with Crippen LogP contribution in [0.5, 0.6) is 0 Å². The minimum Gasteiger partial charge on any atom is -0.385 e. The predicted octanol–water partition coefficient (Wildman–Crippen LogP) is 2.49. The van der Waals surface area contributed by atoms with Crippen LogP contribution in [0.4, 0.5) is 5.69 Å². The number of hydrogen-bond acceptors (Lipinski definition) is 4. The van der Waals surface area contributed by atoms with Crippen molar-refractivity contribution in [2.75, 3.05) is 38.7 Å². The zero-order valence-corrected chi connectivity index (χ0v) is 12.9. The van der Waals surface area contributed by atoms with Gasteiger partial charge in [-0.05, 0) is 36.1 Å². The van der Waals surface area contributed by atoms with Crippen LogP contribution in [-0.2, 0) is 16.1 Å². The van der Waals surface area contributed by atoms with Crippen LogP contribution in [-0.4, -0.2) is 33.4 Å². The Balaban J connectivity index is 2.42. The van der Waals surface area contributed by atoms with Gasteiger partial charge in [-0.1, -0.05) is 26.0 Å². The van der Waals surface area contributed by atoms with Gasteiger partial charge in [0.05, 0.1) is 19.8 Å². The third-order valence-electron chi connectivity index (χ3n) is 3.44. The molecule has 0 saturated carbocycles. The normalized spacial score (nSPS) is 12.7. The number of nitrogens with one attached hydrogen (secondary N) is 1. The van der Waals surface area contributed by atoms with E-state index in [1.165, 1.54) is 5.56 Å². The predicted molar refractivity (Wildman–Crippen MR) is 83.8 cm³/mol. The van der Waals surface area contributed by atoms with E-state index in [1.54, 1.807) is 7.11 Å². The molecule has 4 nitrogen and oxygen atoms in total. The minimum atomic E-state index is 0.497. The highest BCUT2D eigenvalue weighted by molar-refractivity contribution is 5.45. The van der Waals surface area contributed by atoms with Crippen molar-refractivity contribution in [2.24, 2.45) is 17.6 Å². The summed E-state index contributed by atoms with van der Waals surface area (Å²) in [5, 5.41) is 3.46. The lowest BCUT2D eigenvalue weighted by Gasteiger charge is -2.20. The van der Waals surface area contributed by atoms with Gasteiger partial charge >= 0.3 is 0 Å². The van der Waals surface area contributed by atoms with Crippen LogP contribution in [0, 0.1) is 11.8 Å². The molecule has 114 valence electrons. The Morgan fingerprint density at radius 1 is 1.25 bits per heavy atom. The third kappa shape index (κ3) is 6.37. The highest BCUT2D eigenvalue weighted by atomic mass is 16.5. The number of ether oxygens (including phenoxy) is 2. The Morgan fingerprint density at radius 3 is 2.70 bits per heavy atom. The molecule has 0 heterocycles. The Kier molecular flexibility index (Phi) is 8.26. The van der Waals surface area contributed by atoms with Crippen molar-refractivity contribution in [3.8, 4) is 0 Å². The average molecular weight is 280 g/mol. The SMILES string of the molecule is COCCOCc1cccc(NCC(CN)C(C)C)c1. The monoisotopic (exact) mass is 280 g/mol. The summed E-state index contributed by atoms with van der Waals surface area (Å²) < 4.78 is 10.5. The van der Waals surface area contributed by atoms with E-state index in [0.717, 1.165) is 12.2 Å². The maximum Gasteiger partial charge on any atom is 0.0718 e. The Bertz CT molecular complexity index is 369. The van der Waals surface area contributed by atoms with Crippen molar-refractivity contribution >= 4 is 5.69 Å². The standard InChI is InChI=1S/C16H28N2O2/c1-13(2)15(10-17)11-18-16-6-4-5-14(9-16)12-20-8-7-19-3/h4-6,9,13,15,18H,7-8,10-12,17H2,1-3H3. The highest BCUT2D eigenvalue weighted by Crippen LogP contribution is 2.14. The molecule has 1 aromatic rings. The number of benzene rings is 1.